The van der Waals surface area contributed by atoms with Gasteiger partial charge in [-0.25, -0.2) is 9.99 Å². The Hall–Kier alpha value is -3.45. The molecule has 1 aliphatic carbocycles. The molecule has 0 saturated heterocycles. The molecule has 0 bridgehead atoms. The Balaban J connectivity index is 1.46. The van der Waals surface area contributed by atoms with Gasteiger partial charge in [0.2, 0.25) is 0 Å². The van der Waals surface area contributed by atoms with Gasteiger partial charge in [0.1, 0.15) is 0 Å². The first kappa shape index (κ1) is 21.4. The first-order valence-electron chi connectivity index (χ1n) is 11.1. The summed E-state index contributed by atoms with van der Waals surface area (Å²) >= 11 is 1.22. The molecule has 1 aromatic heterocycles. The highest BCUT2D eigenvalue weighted by atomic mass is 32.2. The van der Waals surface area contributed by atoms with E-state index in [2.05, 4.69) is 40.3 Å². The SMILES string of the molecule is O=C(CSc1nccc(=O)[nH]1)N1N=C2C(=Cc3ccccc3)CCCC2C1c1ccccc1. The summed E-state index contributed by atoms with van der Waals surface area (Å²) in [6.07, 6.45) is 6.67. The van der Waals surface area contributed by atoms with Crippen LogP contribution in [0.25, 0.3) is 6.08 Å². The maximum Gasteiger partial charge on any atom is 0.253 e. The zero-order valence-electron chi connectivity index (χ0n) is 18.1. The van der Waals surface area contributed by atoms with E-state index in [0.717, 1.165) is 36.1 Å². The highest BCUT2D eigenvalue weighted by molar-refractivity contribution is 7.99. The third kappa shape index (κ3) is 4.68. The minimum Gasteiger partial charge on any atom is -0.301 e. The van der Waals surface area contributed by atoms with Gasteiger partial charge in [0.05, 0.1) is 17.5 Å². The van der Waals surface area contributed by atoms with E-state index in [1.54, 1.807) is 5.01 Å². The Kier molecular flexibility index (Phi) is 6.21. The Morgan fingerprint density at radius 1 is 1.09 bits per heavy atom. The Morgan fingerprint density at radius 3 is 2.61 bits per heavy atom. The van der Waals surface area contributed by atoms with Crippen LogP contribution in [0.5, 0.6) is 0 Å². The van der Waals surface area contributed by atoms with Crippen molar-refractivity contribution in [2.45, 2.75) is 30.5 Å². The number of aromatic amines is 1. The van der Waals surface area contributed by atoms with Crippen molar-refractivity contribution in [2.75, 3.05) is 5.75 Å². The van der Waals surface area contributed by atoms with E-state index in [1.165, 1.54) is 29.6 Å². The number of rotatable bonds is 5. The largest absolute Gasteiger partial charge is 0.301 e. The second-order valence-corrected chi connectivity index (χ2v) is 9.15. The van der Waals surface area contributed by atoms with Gasteiger partial charge in [-0.15, -0.1) is 0 Å². The Labute approximate surface area is 196 Å². The molecule has 1 amide bonds. The van der Waals surface area contributed by atoms with Gasteiger partial charge in [0.15, 0.2) is 5.16 Å². The molecule has 166 valence electrons. The molecule has 2 aliphatic rings. The fraction of sp³-hybridized carbons (Fsp3) is 0.231. The number of thioether (sulfide) groups is 1. The number of nitrogens with zero attached hydrogens (tertiary/aromatic N) is 3. The van der Waals surface area contributed by atoms with Gasteiger partial charge in [-0.2, -0.15) is 5.10 Å². The molecule has 2 unspecified atom stereocenters. The first-order chi connectivity index (χ1) is 16.2. The second-order valence-electron chi connectivity index (χ2n) is 8.19. The van der Waals surface area contributed by atoms with Gasteiger partial charge in [0, 0.05) is 18.2 Å². The molecular formula is C26H24N4O2S. The number of benzene rings is 2. The highest BCUT2D eigenvalue weighted by Gasteiger charge is 2.43. The Bertz CT molecular complexity index is 1250. The van der Waals surface area contributed by atoms with Crippen molar-refractivity contribution in [3.8, 4) is 0 Å². The van der Waals surface area contributed by atoms with Gasteiger partial charge in [-0.3, -0.25) is 9.59 Å². The maximum absolute atomic E-state index is 13.4. The number of hydrogen-bond donors (Lipinski definition) is 1. The normalized spacial score (nSPS) is 21.0. The number of allylic oxidation sites excluding steroid dienone is 1. The molecule has 1 saturated carbocycles. The monoisotopic (exact) mass is 456 g/mol. The van der Waals surface area contributed by atoms with Gasteiger partial charge in [-0.05, 0) is 42.0 Å². The topological polar surface area (TPSA) is 78.4 Å². The van der Waals surface area contributed by atoms with Crippen LogP contribution in [-0.4, -0.2) is 32.3 Å². The summed E-state index contributed by atoms with van der Waals surface area (Å²) < 4.78 is 0. The number of hydrazone groups is 1. The van der Waals surface area contributed by atoms with E-state index >= 15 is 0 Å². The summed E-state index contributed by atoms with van der Waals surface area (Å²) in [4.78, 5) is 31.7. The van der Waals surface area contributed by atoms with Gasteiger partial charge >= 0.3 is 0 Å². The van der Waals surface area contributed by atoms with Crippen molar-refractivity contribution in [1.82, 2.24) is 15.0 Å². The van der Waals surface area contributed by atoms with Crippen LogP contribution >= 0.6 is 11.8 Å². The van der Waals surface area contributed by atoms with Gasteiger partial charge in [-0.1, -0.05) is 72.4 Å². The molecule has 33 heavy (non-hydrogen) atoms. The van der Waals surface area contributed by atoms with Crippen molar-refractivity contribution < 1.29 is 4.79 Å². The summed E-state index contributed by atoms with van der Waals surface area (Å²) in [6, 6.07) is 21.6. The van der Waals surface area contributed by atoms with Gasteiger partial charge in [0.25, 0.3) is 11.5 Å². The van der Waals surface area contributed by atoms with Crippen LogP contribution in [0, 0.1) is 5.92 Å². The summed E-state index contributed by atoms with van der Waals surface area (Å²) in [7, 11) is 0. The number of carbonyl (C=O) groups is 1. The molecular weight excluding hydrogens is 432 g/mol. The zero-order valence-corrected chi connectivity index (χ0v) is 18.9. The van der Waals surface area contributed by atoms with E-state index in [4.69, 9.17) is 5.10 Å². The number of amides is 1. The van der Waals surface area contributed by atoms with Crippen LogP contribution in [0.15, 0.2) is 93.6 Å². The maximum atomic E-state index is 13.4. The summed E-state index contributed by atoms with van der Waals surface area (Å²) in [6.45, 7) is 0. The molecule has 5 rings (SSSR count). The molecule has 0 spiro atoms. The summed E-state index contributed by atoms with van der Waals surface area (Å²) in [5.41, 5.74) is 4.22. The fourth-order valence-corrected chi connectivity index (χ4v) is 5.26. The molecule has 3 aromatic rings. The molecule has 1 aliphatic heterocycles. The number of fused-ring (bicyclic) bond motifs is 1. The molecule has 0 radical (unpaired) electrons. The molecule has 1 N–H and O–H groups in total. The molecule has 7 heteroatoms. The lowest BCUT2D eigenvalue weighted by atomic mass is 9.77. The van der Waals surface area contributed by atoms with Crippen molar-refractivity contribution in [2.24, 2.45) is 11.0 Å². The lowest BCUT2D eigenvalue weighted by Crippen LogP contribution is -2.32. The standard InChI is InChI=1S/C26H24N4O2S/c31-22-14-15-27-26(28-22)33-17-23(32)30-25(19-10-5-2-6-11-19)21-13-7-12-20(24(21)29-30)16-18-8-3-1-4-9-18/h1-6,8-11,14-16,21,25H,7,12-13,17H2,(H,27,28,31). The zero-order chi connectivity index (χ0) is 22.6. The van der Waals surface area contributed by atoms with Crippen LogP contribution in [0.3, 0.4) is 0 Å². The lowest BCUT2D eigenvalue weighted by molar-refractivity contribution is -0.130. The van der Waals surface area contributed by atoms with E-state index in [0.29, 0.717) is 5.16 Å². The van der Waals surface area contributed by atoms with Crippen LogP contribution in [0.1, 0.15) is 36.4 Å². The number of H-pyrrole nitrogens is 1. The predicted octanol–water partition coefficient (Wildman–Crippen LogP) is 4.69. The number of nitrogens with one attached hydrogen (secondary N) is 1. The molecule has 1 fully saturated rings. The molecule has 2 heterocycles. The predicted molar refractivity (Wildman–Crippen MR) is 131 cm³/mol. The lowest BCUT2D eigenvalue weighted by Gasteiger charge is -2.29. The van der Waals surface area contributed by atoms with E-state index < -0.39 is 0 Å². The van der Waals surface area contributed by atoms with Crippen molar-refractivity contribution in [3.05, 3.63) is 100.0 Å². The average molecular weight is 457 g/mol. The number of aromatic nitrogens is 2. The first-order valence-corrected chi connectivity index (χ1v) is 12.1. The molecule has 2 aromatic carbocycles. The quantitative estimate of drug-likeness (QED) is 0.446. The third-order valence-corrected chi connectivity index (χ3v) is 6.89. The van der Waals surface area contributed by atoms with E-state index in [9.17, 15) is 9.59 Å². The van der Waals surface area contributed by atoms with E-state index in [1.807, 2.05) is 36.4 Å². The van der Waals surface area contributed by atoms with Crippen molar-refractivity contribution in [1.29, 1.82) is 0 Å². The number of carbonyl (C=O) groups excluding carboxylic acids is 1. The van der Waals surface area contributed by atoms with Crippen molar-refractivity contribution >= 4 is 29.5 Å². The average Bonchev–Trinajstić information content (AvgIpc) is 3.25. The van der Waals surface area contributed by atoms with E-state index in [-0.39, 0.29) is 29.2 Å². The van der Waals surface area contributed by atoms with Gasteiger partial charge < -0.3 is 4.98 Å². The smallest absolute Gasteiger partial charge is 0.253 e. The second kappa shape index (κ2) is 9.58. The van der Waals surface area contributed by atoms with Crippen LogP contribution < -0.4 is 5.56 Å². The van der Waals surface area contributed by atoms with Crippen molar-refractivity contribution in [3.63, 3.8) is 0 Å². The minimum atomic E-state index is -0.231. The van der Waals surface area contributed by atoms with Crippen LogP contribution in [0.2, 0.25) is 0 Å². The molecule has 2 atom stereocenters. The third-order valence-electron chi connectivity index (χ3n) is 6.02. The number of hydrogen-bond acceptors (Lipinski definition) is 5. The van der Waals surface area contributed by atoms with Crippen LogP contribution in [-0.2, 0) is 4.79 Å². The highest BCUT2D eigenvalue weighted by Crippen LogP contribution is 2.44. The minimum absolute atomic E-state index is 0.0960. The summed E-state index contributed by atoms with van der Waals surface area (Å²) in [5, 5.41) is 6.99. The Morgan fingerprint density at radius 2 is 1.85 bits per heavy atom. The van der Waals surface area contributed by atoms with Crippen LogP contribution in [0.4, 0.5) is 0 Å². The summed E-state index contributed by atoms with van der Waals surface area (Å²) in [5.74, 6) is 0.221. The fourth-order valence-electron chi connectivity index (χ4n) is 4.56. The molecule has 6 nitrogen and oxygen atoms in total.